The van der Waals surface area contributed by atoms with E-state index < -0.39 is 0 Å². The molecular formula is C19H26N4O2S. The fourth-order valence-electron chi connectivity index (χ4n) is 3.34. The SMILES string of the molecule is C[C@H](Sc1n[nH]c(=O)n1Cc1ccccc1)C(=O)N[C@H]1CCCC[C@@H]1C. The number of aromatic nitrogens is 3. The van der Waals surface area contributed by atoms with E-state index in [0.717, 1.165) is 12.0 Å². The number of amides is 1. The van der Waals surface area contributed by atoms with Crippen LogP contribution in [0.2, 0.25) is 0 Å². The Balaban J connectivity index is 1.64. The highest BCUT2D eigenvalue weighted by Crippen LogP contribution is 2.25. The maximum Gasteiger partial charge on any atom is 0.344 e. The Morgan fingerprint density at radius 3 is 2.81 bits per heavy atom. The van der Waals surface area contributed by atoms with E-state index in [-0.39, 0.29) is 22.9 Å². The summed E-state index contributed by atoms with van der Waals surface area (Å²) in [5, 5.41) is 10.0. The molecule has 0 aliphatic heterocycles. The van der Waals surface area contributed by atoms with Gasteiger partial charge in [0.25, 0.3) is 0 Å². The lowest BCUT2D eigenvalue weighted by molar-refractivity contribution is -0.121. The van der Waals surface area contributed by atoms with Gasteiger partial charge in [0.15, 0.2) is 5.16 Å². The topological polar surface area (TPSA) is 79.8 Å². The monoisotopic (exact) mass is 374 g/mol. The first-order valence-corrected chi connectivity index (χ1v) is 10.1. The van der Waals surface area contributed by atoms with Crippen molar-refractivity contribution in [3.05, 3.63) is 46.4 Å². The van der Waals surface area contributed by atoms with E-state index in [4.69, 9.17) is 0 Å². The molecule has 6 nitrogen and oxygen atoms in total. The van der Waals surface area contributed by atoms with Crippen molar-refractivity contribution in [2.75, 3.05) is 0 Å². The van der Waals surface area contributed by atoms with E-state index in [9.17, 15) is 9.59 Å². The Kier molecular flexibility index (Phi) is 6.19. The highest BCUT2D eigenvalue weighted by atomic mass is 32.2. The number of carbonyl (C=O) groups is 1. The maximum atomic E-state index is 12.6. The molecule has 1 aliphatic carbocycles. The van der Waals surface area contributed by atoms with E-state index in [0.29, 0.717) is 17.6 Å². The normalized spacial score (nSPS) is 21.3. The summed E-state index contributed by atoms with van der Waals surface area (Å²) < 4.78 is 1.58. The van der Waals surface area contributed by atoms with Gasteiger partial charge in [-0.25, -0.2) is 9.89 Å². The van der Waals surface area contributed by atoms with E-state index in [2.05, 4.69) is 22.4 Å². The lowest BCUT2D eigenvalue weighted by atomic mass is 9.86. The quantitative estimate of drug-likeness (QED) is 0.762. The maximum absolute atomic E-state index is 12.6. The molecule has 2 aromatic rings. The summed E-state index contributed by atoms with van der Waals surface area (Å²) in [5.74, 6) is 0.530. The molecule has 1 heterocycles. The van der Waals surface area contributed by atoms with E-state index in [1.165, 1.54) is 31.0 Å². The second-order valence-electron chi connectivity index (χ2n) is 7.02. The predicted molar refractivity (Wildman–Crippen MR) is 103 cm³/mol. The van der Waals surface area contributed by atoms with Crippen molar-refractivity contribution in [3.63, 3.8) is 0 Å². The molecule has 1 amide bonds. The molecule has 0 saturated heterocycles. The standard InChI is InChI=1S/C19H26N4O2S/c1-13-8-6-7-11-16(13)20-17(24)14(2)26-19-22-21-18(25)23(19)12-15-9-4-3-5-10-15/h3-5,9-10,13-14,16H,6-8,11-12H2,1-2H3,(H,20,24)(H,21,25)/t13-,14-,16-/m0/s1. The van der Waals surface area contributed by atoms with E-state index in [1.807, 2.05) is 37.3 Å². The number of nitrogens with one attached hydrogen (secondary N) is 2. The summed E-state index contributed by atoms with van der Waals surface area (Å²) in [4.78, 5) is 24.7. The van der Waals surface area contributed by atoms with Gasteiger partial charge in [-0.1, -0.05) is 61.9 Å². The Hall–Kier alpha value is -2.02. The van der Waals surface area contributed by atoms with Gasteiger partial charge in [-0.3, -0.25) is 9.36 Å². The van der Waals surface area contributed by atoms with Crippen LogP contribution in [0.1, 0.15) is 45.1 Å². The zero-order valence-electron chi connectivity index (χ0n) is 15.3. The number of rotatable bonds is 6. The van der Waals surface area contributed by atoms with Gasteiger partial charge in [0.2, 0.25) is 5.91 Å². The van der Waals surface area contributed by atoms with Gasteiger partial charge in [-0.05, 0) is 31.2 Å². The Morgan fingerprint density at radius 2 is 2.08 bits per heavy atom. The number of hydrogen-bond donors (Lipinski definition) is 2. The van der Waals surface area contributed by atoms with Crippen molar-refractivity contribution in [1.82, 2.24) is 20.1 Å². The Labute approximate surface area is 157 Å². The third-order valence-corrected chi connectivity index (χ3v) is 6.09. The van der Waals surface area contributed by atoms with E-state index >= 15 is 0 Å². The molecule has 3 atom stereocenters. The lowest BCUT2D eigenvalue weighted by Gasteiger charge is -2.30. The fourth-order valence-corrected chi connectivity index (χ4v) is 4.21. The number of benzene rings is 1. The molecule has 1 aromatic carbocycles. The van der Waals surface area contributed by atoms with Gasteiger partial charge in [0.1, 0.15) is 0 Å². The van der Waals surface area contributed by atoms with Crippen molar-refractivity contribution in [2.24, 2.45) is 5.92 Å². The molecule has 1 fully saturated rings. The summed E-state index contributed by atoms with van der Waals surface area (Å²) in [7, 11) is 0. The molecule has 26 heavy (non-hydrogen) atoms. The molecule has 1 aromatic heterocycles. The van der Waals surface area contributed by atoms with Crippen molar-refractivity contribution >= 4 is 17.7 Å². The van der Waals surface area contributed by atoms with Crippen LogP contribution < -0.4 is 11.0 Å². The minimum Gasteiger partial charge on any atom is -0.352 e. The minimum atomic E-state index is -0.311. The van der Waals surface area contributed by atoms with Gasteiger partial charge in [0, 0.05) is 6.04 Å². The molecule has 0 radical (unpaired) electrons. The summed E-state index contributed by atoms with van der Waals surface area (Å²) in [6.07, 6.45) is 4.64. The first-order valence-electron chi connectivity index (χ1n) is 9.20. The first-order chi connectivity index (χ1) is 12.5. The molecule has 2 N–H and O–H groups in total. The van der Waals surface area contributed by atoms with Crippen molar-refractivity contribution in [2.45, 2.75) is 62.5 Å². The Bertz CT molecular complexity index is 786. The number of carbonyl (C=O) groups excluding carboxylic acids is 1. The third-order valence-electron chi connectivity index (χ3n) is 5.00. The minimum absolute atomic E-state index is 0.00969. The number of nitrogens with zero attached hydrogens (tertiary/aromatic N) is 2. The lowest BCUT2D eigenvalue weighted by Crippen LogP contribution is -2.44. The number of thioether (sulfide) groups is 1. The first kappa shape index (κ1) is 18.8. The second kappa shape index (κ2) is 8.58. The van der Waals surface area contributed by atoms with Crippen LogP contribution in [-0.2, 0) is 11.3 Å². The van der Waals surface area contributed by atoms with Gasteiger partial charge >= 0.3 is 5.69 Å². The average molecular weight is 375 g/mol. The smallest absolute Gasteiger partial charge is 0.344 e. The molecule has 140 valence electrons. The van der Waals surface area contributed by atoms with E-state index in [1.54, 1.807) is 4.57 Å². The van der Waals surface area contributed by atoms with Crippen molar-refractivity contribution < 1.29 is 4.79 Å². The van der Waals surface area contributed by atoms with Crippen LogP contribution in [0.25, 0.3) is 0 Å². The molecule has 1 saturated carbocycles. The molecule has 3 rings (SSSR count). The predicted octanol–water partition coefficient (Wildman–Crippen LogP) is 2.80. The van der Waals surface area contributed by atoms with Gasteiger partial charge in [-0.2, -0.15) is 0 Å². The van der Waals surface area contributed by atoms with Gasteiger partial charge in [-0.15, -0.1) is 5.10 Å². The van der Waals surface area contributed by atoms with Crippen LogP contribution in [-0.4, -0.2) is 32.0 Å². The molecule has 0 unspecified atom stereocenters. The van der Waals surface area contributed by atoms with Crippen molar-refractivity contribution in [1.29, 1.82) is 0 Å². The highest BCUT2D eigenvalue weighted by molar-refractivity contribution is 8.00. The molecule has 1 aliphatic rings. The number of aromatic amines is 1. The summed E-state index contributed by atoms with van der Waals surface area (Å²) >= 11 is 1.32. The zero-order chi connectivity index (χ0) is 18.5. The van der Waals surface area contributed by atoms with Crippen molar-refractivity contribution in [3.8, 4) is 0 Å². The molecule has 7 heteroatoms. The molecular weight excluding hydrogens is 348 g/mol. The zero-order valence-corrected chi connectivity index (χ0v) is 16.1. The second-order valence-corrected chi connectivity index (χ2v) is 8.33. The molecule has 0 bridgehead atoms. The fraction of sp³-hybridized carbons (Fsp3) is 0.526. The largest absolute Gasteiger partial charge is 0.352 e. The average Bonchev–Trinajstić information content (AvgIpc) is 2.98. The van der Waals surface area contributed by atoms with Crippen LogP contribution in [0.4, 0.5) is 0 Å². The summed E-state index contributed by atoms with van der Waals surface area (Å²) in [5.41, 5.74) is 0.760. The van der Waals surface area contributed by atoms with Crippen LogP contribution in [0, 0.1) is 5.92 Å². The number of H-pyrrole nitrogens is 1. The number of hydrogen-bond acceptors (Lipinski definition) is 4. The highest BCUT2D eigenvalue weighted by Gasteiger charge is 2.26. The molecule has 0 spiro atoms. The summed E-state index contributed by atoms with van der Waals surface area (Å²) in [6, 6.07) is 10.0. The van der Waals surface area contributed by atoms with Gasteiger partial charge < -0.3 is 5.32 Å². The van der Waals surface area contributed by atoms with Gasteiger partial charge in [0.05, 0.1) is 11.8 Å². The van der Waals surface area contributed by atoms with Crippen LogP contribution in [0.5, 0.6) is 0 Å². The van der Waals surface area contributed by atoms with Crippen LogP contribution in [0.15, 0.2) is 40.3 Å². The van der Waals surface area contributed by atoms with Crippen LogP contribution in [0.3, 0.4) is 0 Å². The Morgan fingerprint density at radius 1 is 1.35 bits per heavy atom. The van der Waals surface area contributed by atoms with Crippen LogP contribution >= 0.6 is 11.8 Å². The third kappa shape index (κ3) is 4.58. The summed E-state index contributed by atoms with van der Waals surface area (Å²) in [6.45, 7) is 4.50.